The van der Waals surface area contributed by atoms with Crippen LogP contribution >= 0.6 is 0 Å². The molecule has 0 aliphatic carbocycles. The van der Waals surface area contributed by atoms with Crippen molar-refractivity contribution in [2.24, 2.45) is 5.73 Å². The van der Waals surface area contributed by atoms with Crippen molar-refractivity contribution in [3.05, 3.63) is 62.2 Å². The van der Waals surface area contributed by atoms with Gasteiger partial charge in [-0.3, -0.25) is 9.59 Å². The van der Waals surface area contributed by atoms with Gasteiger partial charge in [-0.15, -0.1) is 0 Å². The molecular weight excluding hydrogens is 385 g/mol. The molecule has 3 aromatic rings. The second-order valence-corrected chi connectivity index (χ2v) is 7.42. The second kappa shape index (κ2) is 7.32. The highest BCUT2D eigenvalue weighted by Crippen LogP contribution is 2.38. The zero-order valence-corrected chi connectivity index (χ0v) is 17.5. The summed E-state index contributed by atoms with van der Waals surface area (Å²) < 4.78 is 20.9. The fourth-order valence-electron chi connectivity index (χ4n) is 4.26. The van der Waals surface area contributed by atoms with Gasteiger partial charge in [-0.05, 0) is 42.7 Å². The van der Waals surface area contributed by atoms with Gasteiger partial charge in [0.2, 0.25) is 0 Å². The van der Waals surface area contributed by atoms with E-state index in [0.29, 0.717) is 40.1 Å². The van der Waals surface area contributed by atoms with Gasteiger partial charge in [0.05, 0.1) is 34.9 Å². The number of fused-ring (bicyclic) bond motifs is 5. The number of ether oxygens (including phenoxy) is 1. The number of carbonyl (C=O) groups excluding carboxylic acids is 1. The number of hydrogen-bond donors (Lipinski definition) is 1. The van der Waals surface area contributed by atoms with Gasteiger partial charge in [0.1, 0.15) is 12.4 Å². The van der Waals surface area contributed by atoms with E-state index in [4.69, 9.17) is 10.5 Å². The highest BCUT2D eigenvalue weighted by Gasteiger charge is 2.33. The summed E-state index contributed by atoms with van der Waals surface area (Å²) >= 11 is 0. The monoisotopic (exact) mass is 409 g/mol. The first-order valence-corrected chi connectivity index (χ1v) is 10.2. The lowest BCUT2D eigenvalue weighted by molar-refractivity contribution is -0.147. The molecule has 2 aliphatic heterocycles. The molecule has 2 aliphatic rings. The first-order valence-electron chi connectivity index (χ1n) is 10.2. The average molecular weight is 409 g/mol. The van der Waals surface area contributed by atoms with Crippen LogP contribution in [0, 0.1) is 12.7 Å². The van der Waals surface area contributed by atoms with E-state index in [-0.39, 0.29) is 30.5 Å². The standard InChI is InChI=1S/C21H18FN3O3.C2H6/c1-9-3-12-13(6-23)14-7-25-18(19(14)24-17(12)5-16(9)22)4-11-10(2)21(27)28-8-15(11)20(25)26;1-2/h3-5,10H,6-8,23H2,1-2H3;1-2H3. The minimum Gasteiger partial charge on any atom is -0.460 e. The Morgan fingerprint density at radius 1 is 1.23 bits per heavy atom. The Labute approximate surface area is 173 Å². The van der Waals surface area contributed by atoms with Crippen molar-refractivity contribution in [2.75, 3.05) is 0 Å². The van der Waals surface area contributed by atoms with E-state index in [9.17, 15) is 14.0 Å². The first kappa shape index (κ1) is 20.2. The molecule has 4 heterocycles. The van der Waals surface area contributed by atoms with Gasteiger partial charge in [0.15, 0.2) is 0 Å². The van der Waals surface area contributed by atoms with E-state index in [1.165, 1.54) is 6.07 Å². The summed E-state index contributed by atoms with van der Waals surface area (Å²) in [5.74, 6) is -1.19. The van der Waals surface area contributed by atoms with Gasteiger partial charge in [0.25, 0.3) is 5.56 Å². The van der Waals surface area contributed by atoms with Crippen LogP contribution in [0.5, 0.6) is 0 Å². The van der Waals surface area contributed by atoms with E-state index < -0.39 is 5.92 Å². The Balaban J connectivity index is 0.00000106. The number of pyridine rings is 2. The zero-order valence-electron chi connectivity index (χ0n) is 17.5. The molecule has 30 heavy (non-hydrogen) atoms. The Morgan fingerprint density at radius 3 is 2.67 bits per heavy atom. The Kier molecular flexibility index (Phi) is 4.94. The van der Waals surface area contributed by atoms with Gasteiger partial charge >= 0.3 is 5.97 Å². The number of benzene rings is 1. The Bertz CT molecular complexity index is 1260. The molecule has 0 bridgehead atoms. The highest BCUT2D eigenvalue weighted by atomic mass is 19.1. The SMILES string of the molecule is CC.Cc1cc2c(CN)c3c(nc2cc1F)-c1cc2c(c(=O)n1C3)COC(=O)C2C. The van der Waals surface area contributed by atoms with E-state index in [2.05, 4.69) is 4.98 Å². The van der Waals surface area contributed by atoms with Crippen molar-refractivity contribution < 1.29 is 13.9 Å². The van der Waals surface area contributed by atoms with Crippen molar-refractivity contribution >= 4 is 16.9 Å². The molecule has 6 nitrogen and oxygen atoms in total. The molecule has 0 radical (unpaired) electrons. The molecule has 0 saturated heterocycles. The third kappa shape index (κ3) is 2.76. The molecule has 2 aromatic heterocycles. The summed E-state index contributed by atoms with van der Waals surface area (Å²) in [7, 11) is 0. The molecule has 1 unspecified atom stereocenters. The molecule has 0 saturated carbocycles. The lowest BCUT2D eigenvalue weighted by Crippen LogP contribution is -2.31. The molecule has 0 spiro atoms. The summed E-state index contributed by atoms with van der Waals surface area (Å²) in [4.78, 5) is 29.7. The maximum absolute atomic E-state index is 14.1. The molecule has 2 N–H and O–H groups in total. The van der Waals surface area contributed by atoms with Gasteiger partial charge in [-0.1, -0.05) is 13.8 Å². The summed E-state index contributed by atoms with van der Waals surface area (Å²) in [5.41, 5.74) is 11.1. The van der Waals surface area contributed by atoms with Crippen molar-refractivity contribution in [2.45, 2.75) is 53.3 Å². The fourth-order valence-corrected chi connectivity index (χ4v) is 4.26. The number of aryl methyl sites for hydroxylation is 1. The predicted octanol–water partition coefficient (Wildman–Crippen LogP) is 3.52. The van der Waals surface area contributed by atoms with E-state index in [1.807, 2.05) is 19.9 Å². The van der Waals surface area contributed by atoms with Crippen molar-refractivity contribution in [3.63, 3.8) is 0 Å². The number of hydrogen-bond acceptors (Lipinski definition) is 5. The van der Waals surface area contributed by atoms with Crippen LogP contribution < -0.4 is 11.3 Å². The maximum atomic E-state index is 14.1. The van der Waals surface area contributed by atoms with Crippen LogP contribution in [-0.2, 0) is 29.2 Å². The maximum Gasteiger partial charge on any atom is 0.313 e. The largest absolute Gasteiger partial charge is 0.460 e. The number of aromatic nitrogens is 2. The van der Waals surface area contributed by atoms with Gasteiger partial charge in [-0.2, -0.15) is 0 Å². The number of cyclic esters (lactones) is 1. The summed E-state index contributed by atoms with van der Waals surface area (Å²) in [6.45, 7) is 8.02. The van der Waals surface area contributed by atoms with Gasteiger partial charge in [-0.25, -0.2) is 9.37 Å². The molecule has 5 rings (SSSR count). The summed E-state index contributed by atoms with van der Waals surface area (Å²) in [6, 6.07) is 5.01. The van der Waals surface area contributed by atoms with Gasteiger partial charge in [0, 0.05) is 23.6 Å². The molecule has 7 heteroatoms. The number of rotatable bonds is 1. The number of nitrogens with zero attached hydrogens (tertiary/aromatic N) is 2. The van der Waals surface area contributed by atoms with Crippen molar-refractivity contribution in [1.29, 1.82) is 0 Å². The Hall–Kier alpha value is -3.06. The normalized spacial score (nSPS) is 16.3. The van der Waals surface area contributed by atoms with E-state index >= 15 is 0 Å². The highest BCUT2D eigenvalue weighted by molar-refractivity contribution is 5.89. The van der Waals surface area contributed by atoms with Crippen LogP contribution in [0.3, 0.4) is 0 Å². The number of esters is 1. The second-order valence-electron chi connectivity index (χ2n) is 7.42. The number of nitrogens with two attached hydrogens (primary N) is 1. The van der Waals surface area contributed by atoms with E-state index in [1.54, 1.807) is 24.5 Å². The minimum atomic E-state index is -0.513. The molecule has 0 fully saturated rings. The lowest BCUT2D eigenvalue weighted by atomic mass is 9.93. The quantitative estimate of drug-likeness (QED) is 0.486. The molecular formula is C23H24FN3O3. The molecule has 156 valence electrons. The van der Waals surface area contributed by atoms with Crippen molar-refractivity contribution in [1.82, 2.24) is 9.55 Å². The van der Waals surface area contributed by atoms with Crippen LogP contribution in [0.25, 0.3) is 22.3 Å². The van der Waals surface area contributed by atoms with Crippen LogP contribution in [0.2, 0.25) is 0 Å². The number of carbonyl (C=O) groups is 1. The smallest absolute Gasteiger partial charge is 0.313 e. The van der Waals surface area contributed by atoms with Crippen LogP contribution in [0.1, 0.15) is 54.5 Å². The number of halogens is 1. The summed E-state index contributed by atoms with van der Waals surface area (Å²) in [5, 5.41) is 0.803. The third-order valence-electron chi connectivity index (χ3n) is 5.86. The molecule has 0 amide bonds. The molecule has 1 atom stereocenters. The van der Waals surface area contributed by atoms with Crippen LogP contribution in [0.15, 0.2) is 23.0 Å². The predicted molar refractivity (Wildman–Crippen MR) is 113 cm³/mol. The van der Waals surface area contributed by atoms with Crippen LogP contribution in [-0.4, -0.2) is 15.5 Å². The van der Waals surface area contributed by atoms with Gasteiger partial charge < -0.3 is 15.0 Å². The van der Waals surface area contributed by atoms with Crippen molar-refractivity contribution in [3.8, 4) is 11.4 Å². The van der Waals surface area contributed by atoms with E-state index in [0.717, 1.165) is 16.5 Å². The summed E-state index contributed by atoms with van der Waals surface area (Å²) in [6.07, 6.45) is 0. The average Bonchev–Trinajstić information content (AvgIpc) is 3.11. The molecule has 1 aromatic carbocycles. The Morgan fingerprint density at radius 2 is 1.97 bits per heavy atom. The minimum absolute atomic E-state index is 0.0163. The third-order valence-corrected chi connectivity index (χ3v) is 5.86. The lowest BCUT2D eigenvalue weighted by Gasteiger charge is -2.22. The fraction of sp³-hybridized carbons (Fsp3) is 0.348. The van der Waals surface area contributed by atoms with Crippen LogP contribution in [0.4, 0.5) is 4.39 Å². The zero-order chi connectivity index (χ0) is 21.7. The topological polar surface area (TPSA) is 87.2 Å². The first-order chi connectivity index (χ1) is 14.4.